The van der Waals surface area contributed by atoms with E-state index in [1.54, 1.807) is 6.20 Å². The molecule has 1 aromatic rings. The maximum atomic E-state index is 12.9. The second kappa shape index (κ2) is 9.84. The molecule has 172 valence electrons. The van der Waals surface area contributed by atoms with E-state index in [2.05, 4.69) is 9.88 Å². The molecule has 1 amide bonds. The Morgan fingerprint density at radius 1 is 1.26 bits per heavy atom. The van der Waals surface area contributed by atoms with Crippen LogP contribution in [0.15, 0.2) is 24.4 Å². The van der Waals surface area contributed by atoms with Crippen molar-refractivity contribution in [3.05, 3.63) is 24.4 Å². The average molecular weight is 444 g/mol. The van der Waals surface area contributed by atoms with Crippen molar-refractivity contribution in [1.82, 2.24) is 9.88 Å². The molecule has 3 fully saturated rings. The number of amides is 1. The number of carboxylic acid groups (broad SMARTS) is 1. The lowest BCUT2D eigenvalue weighted by Crippen LogP contribution is -2.39. The first-order chi connectivity index (χ1) is 14.7. The van der Waals surface area contributed by atoms with Crippen LogP contribution in [0.25, 0.3) is 0 Å². The van der Waals surface area contributed by atoms with Crippen LogP contribution in [0.2, 0.25) is 0 Å². The normalized spacial score (nSPS) is 26.0. The van der Waals surface area contributed by atoms with Crippen molar-refractivity contribution in [2.24, 2.45) is 17.3 Å². The first-order valence-corrected chi connectivity index (χ1v) is 10.4. The lowest BCUT2D eigenvalue weighted by molar-refractivity contribution is -0.192. The number of pyridine rings is 1. The Bertz CT molecular complexity index is 755. The van der Waals surface area contributed by atoms with E-state index in [4.69, 9.17) is 19.4 Å². The van der Waals surface area contributed by atoms with Gasteiger partial charge in [0.1, 0.15) is 0 Å². The van der Waals surface area contributed by atoms with Gasteiger partial charge in [-0.3, -0.25) is 4.79 Å². The molecule has 31 heavy (non-hydrogen) atoms. The Balaban J connectivity index is 0.000000339. The smallest absolute Gasteiger partial charge is 0.477 e. The standard InChI is InChI=1S/C19H26N2O3.C2HF3O2/c22-18(15-6-10-23-11-7-15)21-12-16-4-3-8-19(16,13-21)14-24-17-5-1-2-9-20-17;3-2(4,5)1(6)7/h1-2,5,9,15-16H,3-4,6-8,10-14H2;(H,6,7)/t16-,19+;/m1./s1. The van der Waals surface area contributed by atoms with Gasteiger partial charge in [0.15, 0.2) is 0 Å². The van der Waals surface area contributed by atoms with E-state index >= 15 is 0 Å². The number of carbonyl (C=O) groups is 2. The van der Waals surface area contributed by atoms with Crippen LogP contribution >= 0.6 is 0 Å². The summed E-state index contributed by atoms with van der Waals surface area (Å²) in [6.07, 6.45) is 2.03. The van der Waals surface area contributed by atoms with Crippen molar-refractivity contribution in [3.63, 3.8) is 0 Å². The van der Waals surface area contributed by atoms with Crippen LogP contribution in [0.4, 0.5) is 13.2 Å². The fourth-order valence-electron chi connectivity index (χ4n) is 4.67. The number of likely N-dealkylation sites (tertiary alicyclic amines) is 1. The molecule has 1 aromatic heterocycles. The molecule has 1 N–H and O–H groups in total. The molecule has 0 radical (unpaired) electrons. The third kappa shape index (κ3) is 5.87. The van der Waals surface area contributed by atoms with E-state index in [9.17, 15) is 18.0 Å². The summed E-state index contributed by atoms with van der Waals surface area (Å²) in [5.41, 5.74) is 0.123. The van der Waals surface area contributed by atoms with Gasteiger partial charge in [-0.25, -0.2) is 9.78 Å². The number of nitrogens with zero attached hydrogens (tertiary/aromatic N) is 2. The summed E-state index contributed by atoms with van der Waals surface area (Å²) in [6, 6.07) is 5.75. The van der Waals surface area contributed by atoms with E-state index in [0.29, 0.717) is 24.3 Å². The summed E-state index contributed by atoms with van der Waals surface area (Å²) in [7, 11) is 0. The average Bonchev–Trinajstić information content (AvgIpc) is 3.30. The van der Waals surface area contributed by atoms with E-state index < -0.39 is 12.1 Å². The highest BCUT2D eigenvalue weighted by Crippen LogP contribution is 2.49. The molecule has 7 nitrogen and oxygen atoms in total. The predicted molar refractivity (Wildman–Crippen MR) is 103 cm³/mol. The highest BCUT2D eigenvalue weighted by Gasteiger charge is 2.51. The lowest BCUT2D eigenvalue weighted by atomic mass is 9.81. The highest BCUT2D eigenvalue weighted by molar-refractivity contribution is 5.79. The molecule has 0 bridgehead atoms. The van der Waals surface area contributed by atoms with Crippen molar-refractivity contribution < 1.29 is 37.3 Å². The van der Waals surface area contributed by atoms with Gasteiger partial charge in [-0.1, -0.05) is 12.5 Å². The summed E-state index contributed by atoms with van der Waals surface area (Å²) in [4.78, 5) is 28.1. The van der Waals surface area contributed by atoms with Crippen molar-refractivity contribution >= 4 is 11.9 Å². The number of rotatable bonds is 4. The zero-order valence-corrected chi connectivity index (χ0v) is 17.1. The van der Waals surface area contributed by atoms with Crippen LogP contribution < -0.4 is 4.74 Å². The zero-order chi connectivity index (χ0) is 22.5. The summed E-state index contributed by atoms with van der Waals surface area (Å²) >= 11 is 0. The van der Waals surface area contributed by atoms with Gasteiger partial charge in [-0.05, 0) is 37.7 Å². The molecule has 3 aliphatic rings. The molecule has 0 unspecified atom stereocenters. The first-order valence-electron chi connectivity index (χ1n) is 10.4. The van der Waals surface area contributed by atoms with E-state index in [1.807, 2.05) is 18.2 Å². The number of hydrogen-bond donors (Lipinski definition) is 1. The molecule has 2 atom stereocenters. The molecule has 0 spiro atoms. The highest BCUT2D eigenvalue weighted by atomic mass is 19.4. The number of aliphatic carboxylic acids is 1. The summed E-state index contributed by atoms with van der Waals surface area (Å²) < 4.78 is 43.1. The molecule has 4 rings (SSSR count). The molecule has 3 heterocycles. The van der Waals surface area contributed by atoms with Gasteiger partial charge >= 0.3 is 12.1 Å². The van der Waals surface area contributed by atoms with Gasteiger partial charge in [0.05, 0.1) is 6.61 Å². The lowest BCUT2D eigenvalue weighted by Gasteiger charge is -2.30. The topological polar surface area (TPSA) is 89.0 Å². The van der Waals surface area contributed by atoms with Crippen LogP contribution in [0.1, 0.15) is 32.1 Å². The van der Waals surface area contributed by atoms with Crippen LogP contribution in [0.5, 0.6) is 5.88 Å². The number of carbonyl (C=O) groups excluding carboxylic acids is 1. The fourth-order valence-corrected chi connectivity index (χ4v) is 4.67. The third-order valence-corrected chi connectivity index (χ3v) is 6.31. The number of carboxylic acids is 1. The van der Waals surface area contributed by atoms with Crippen molar-refractivity contribution in [2.75, 3.05) is 32.9 Å². The number of fused-ring (bicyclic) bond motifs is 1. The van der Waals surface area contributed by atoms with Crippen LogP contribution in [0, 0.1) is 17.3 Å². The Morgan fingerprint density at radius 3 is 2.58 bits per heavy atom. The molecular weight excluding hydrogens is 417 g/mol. The minimum absolute atomic E-state index is 0.123. The predicted octanol–water partition coefficient (Wildman–Crippen LogP) is 3.15. The minimum Gasteiger partial charge on any atom is -0.477 e. The molecule has 2 aliphatic heterocycles. The van der Waals surface area contributed by atoms with E-state index in [1.165, 1.54) is 12.8 Å². The maximum Gasteiger partial charge on any atom is 0.490 e. The summed E-state index contributed by atoms with van der Waals surface area (Å²) in [5.74, 6) is -1.000. The number of aromatic nitrogens is 1. The molecule has 0 aromatic carbocycles. The SMILES string of the molecule is O=C(C1CCOCC1)N1C[C@H]2CCC[C@@]2(COc2ccccn2)C1.O=C(O)C(F)(F)F. The van der Waals surface area contributed by atoms with Crippen molar-refractivity contribution in [1.29, 1.82) is 0 Å². The van der Waals surface area contributed by atoms with Gasteiger partial charge in [0.25, 0.3) is 0 Å². The van der Waals surface area contributed by atoms with Gasteiger partial charge in [-0.15, -0.1) is 0 Å². The molecular formula is C21H27F3N2O5. The molecule has 1 aliphatic carbocycles. The Morgan fingerprint density at radius 2 is 1.97 bits per heavy atom. The fraction of sp³-hybridized carbons (Fsp3) is 0.667. The molecule has 10 heteroatoms. The number of hydrogen-bond acceptors (Lipinski definition) is 5. The van der Waals surface area contributed by atoms with Crippen LogP contribution in [0.3, 0.4) is 0 Å². The third-order valence-electron chi connectivity index (χ3n) is 6.31. The quantitative estimate of drug-likeness (QED) is 0.768. The van der Waals surface area contributed by atoms with Crippen LogP contribution in [-0.4, -0.2) is 66.0 Å². The van der Waals surface area contributed by atoms with E-state index in [-0.39, 0.29) is 11.3 Å². The molecule has 2 saturated heterocycles. The zero-order valence-electron chi connectivity index (χ0n) is 17.1. The monoisotopic (exact) mass is 444 g/mol. The largest absolute Gasteiger partial charge is 0.490 e. The second-order valence-corrected chi connectivity index (χ2v) is 8.32. The first kappa shape index (κ1) is 23.3. The summed E-state index contributed by atoms with van der Waals surface area (Å²) in [5, 5.41) is 7.12. The van der Waals surface area contributed by atoms with Gasteiger partial charge < -0.3 is 19.5 Å². The maximum absolute atomic E-state index is 12.9. The second-order valence-electron chi connectivity index (χ2n) is 8.32. The Hall–Kier alpha value is -2.36. The summed E-state index contributed by atoms with van der Waals surface area (Å²) in [6.45, 7) is 3.87. The van der Waals surface area contributed by atoms with Gasteiger partial charge in [0, 0.05) is 49.9 Å². The Kier molecular flexibility index (Phi) is 7.40. The van der Waals surface area contributed by atoms with Crippen LogP contribution in [-0.2, 0) is 14.3 Å². The number of halogens is 3. The molecule has 1 saturated carbocycles. The minimum atomic E-state index is -5.08. The Labute approximate surface area is 178 Å². The van der Waals surface area contributed by atoms with Gasteiger partial charge in [0.2, 0.25) is 11.8 Å². The van der Waals surface area contributed by atoms with Gasteiger partial charge in [-0.2, -0.15) is 13.2 Å². The van der Waals surface area contributed by atoms with Crippen molar-refractivity contribution in [2.45, 2.75) is 38.3 Å². The number of ether oxygens (including phenoxy) is 2. The van der Waals surface area contributed by atoms with Crippen molar-refractivity contribution in [3.8, 4) is 5.88 Å². The van der Waals surface area contributed by atoms with E-state index in [0.717, 1.165) is 45.6 Å². The number of alkyl halides is 3.